The van der Waals surface area contributed by atoms with Crippen LogP contribution >= 0.6 is 0 Å². The quantitative estimate of drug-likeness (QED) is 0.545. The lowest BCUT2D eigenvalue weighted by atomic mass is 9.87. The van der Waals surface area contributed by atoms with E-state index in [1.165, 1.54) is 6.07 Å². The van der Waals surface area contributed by atoms with Gasteiger partial charge in [0.05, 0.1) is 12.3 Å². The zero-order valence-electron chi connectivity index (χ0n) is 15.2. The van der Waals surface area contributed by atoms with E-state index in [0.29, 0.717) is 29.7 Å². The molecule has 2 aromatic carbocycles. The number of piperidine rings is 1. The molecule has 3 heterocycles. The normalized spacial score (nSPS) is 25.0. The van der Waals surface area contributed by atoms with Gasteiger partial charge in [-0.05, 0) is 31.5 Å². The molecular formula is C21H21F2N3O2. The number of alkyl halides is 1. The highest BCUT2D eigenvalue weighted by Gasteiger charge is 2.36. The van der Waals surface area contributed by atoms with Crippen LogP contribution in [0.5, 0.6) is 0 Å². The minimum absolute atomic E-state index is 0.0967. The number of hydroxylamine groups is 1. The van der Waals surface area contributed by atoms with Crippen LogP contribution in [-0.4, -0.2) is 23.2 Å². The number of nitrogens with one attached hydrogen (secondary N) is 3. The van der Waals surface area contributed by atoms with E-state index in [1.54, 1.807) is 12.1 Å². The molecule has 0 spiro atoms. The molecule has 1 aromatic heterocycles. The first-order valence-electron chi connectivity index (χ1n) is 9.46. The number of hydrogen-bond donors (Lipinski definition) is 4. The van der Waals surface area contributed by atoms with Gasteiger partial charge in [0.1, 0.15) is 5.82 Å². The van der Waals surface area contributed by atoms with Crippen LogP contribution < -0.4 is 10.8 Å². The first-order chi connectivity index (χ1) is 13.6. The van der Waals surface area contributed by atoms with Crippen LogP contribution in [0.3, 0.4) is 0 Å². The Labute approximate surface area is 160 Å². The average molecular weight is 385 g/mol. The molecule has 7 heteroatoms. The second-order valence-corrected chi connectivity index (χ2v) is 7.50. The molecule has 146 valence electrons. The lowest BCUT2D eigenvalue weighted by molar-refractivity contribution is -0.0631. The van der Waals surface area contributed by atoms with E-state index in [9.17, 15) is 9.50 Å². The zero-order valence-corrected chi connectivity index (χ0v) is 15.2. The SMILES string of the molecule is OC1NOCc2c(-c3ccc([C@]4(F)CCCNC4)c(F)c3)[nH]c3cccc1c23. The number of H-pyrrole nitrogens is 1. The minimum Gasteiger partial charge on any atom is -0.372 e. The second kappa shape index (κ2) is 6.63. The molecule has 2 atom stereocenters. The monoisotopic (exact) mass is 385 g/mol. The maximum Gasteiger partial charge on any atom is 0.153 e. The van der Waals surface area contributed by atoms with Crippen LogP contribution in [0.4, 0.5) is 8.78 Å². The highest BCUT2D eigenvalue weighted by atomic mass is 19.1. The number of aromatic nitrogens is 1. The predicted octanol–water partition coefficient (Wildman–Crippen LogP) is 3.55. The van der Waals surface area contributed by atoms with Crippen LogP contribution in [0, 0.1) is 5.82 Å². The van der Waals surface area contributed by atoms with Gasteiger partial charge in [-0.2, -0.15) is 5.48 Å². The first kappa shape index (κ1) is 17.8. The molecule has 1 fully saturated rings. The largest absolute Gasteiger partial charge is 0.372 e. The highest BCUT2D eigenvalue weighted by Crippen LogP contribution is 2.39. The van der Waals surface area contributed by atoms with E-state index in [-0.39, 0.29) is 18.7 Å². The molecule has 5 nitrogen and oxygen atoms in total. The Morgan fingerprint density at radius 1 is 1.21 bits per heavy atom. The fraction of sp³-hybridized carbons (Fsp3) is 0.333. The van der Waals surface area contributed by atoms with Crippen molar-refractivity contribution in [2.24, 2.45) is 0 Å². The molecule has 1 saturated heterocycles. The minimum atomic E-state index is -1.68. The fourth-order valence-electron chi connectivity index (χ4n) is 4.35. The molecule has 0 radical (unpaired) electrons. The summed E-state index contributed by atoms with van der Waals surface area (Å²) in [6, 6.07) is 10.2. The van der Waals surface area contributed by atoms with Crippen molar-refractivity contribution >= 4 is 10.9 Å². The van der Waals surface area contributed by atoms with Crippen molar-refractivity contribution in [2.45, 2.75) is 31.3 Å². The van der Waals surface area contributed by atoms with E-state index < -0.39 is 17.7 Å². The molecule has 0 bridgehead atoms. The van der Waals surface area contributed by atoms with Gasteiger partial charge in [-0.15, -0.1) is 0 Å². The van der Waals surface area contributed by atoms with Gasteiger partial charge in [0, 0.05) is 39.7 Å². The average Bonchev–Trinajstić information content (AvgIpc) is 2.98. The summed E-state index contributed by atoms with van der Waals surface area (Å²) in [5.74, 6) is -0.553. The third-order valence-electron chi connectivity index (χ3n) is 5.74. The predicted molar refractivity (Wildman–Crippen MR) is 101 cm³/mol. The number of aromatic amines is 1. The smallest absolute Gasteiger partial charge is 0.153 e. The molecule has 1 unspecified atom stereocenters. The third-order valence-corrected chi connectivity index (χ3v) is 5.74. The van der Waals surface area contributed by atoms with E-state index in [1.807, 2.05) is 18.2 Å². The molecule has 3 aromatic rings. The lowest BCUT2D eigenvalue weighted by Gasteiger charge is -2.31. The van der Waals surface area contributed by atoms with Gasteiger partial charge >= 0.3 is 0 Å². The first-order valence-corrected chi connectivity index (χ1v) is 9.46. The van der Waals surface area contributed by atoms with Crippen molar-refractivity contribution in [1.82, 2.24) is 15.8 Å². The van der Waals surface area contributed by atoms with Crippen molar-refractivity contribution in [3.63, 3.8) is 0 Å². The van der Waals surface area contributed by atoms with Crippen LogP contribution in [0.25, 0.3) is 22.2 Å². The van der Waals surface area contributed by atoms with Gasteiger partial charge in [-0.25, -0.2) is 8.78 Å². The van der Waals surface area contributed by atoms with E-state index >= 15 is 4.39 Å². The Hall–Kier alpha value is -2.32. The lowest BCUT2D eigenvalue weighted by Crippen LogP contribution is -2.40. The summed E-state index contributed by atoms with van der Waals surface area (Å²) in [6.07, 6.45) is 0.0476. The summed E-state index contributed by atoms with van der Waals surface area (Å²) < 4.78 is 30.1. The van der Waals surface area contributed by atoms with Gasteiger partial charge < -0.3 is 15.4 Å². The van der Waals surface area contributed by atoms with Crippen molar-refractivity contribution in [2.75, 3.05) is 13.1 Å². The van der Waals surface area contributed by atoms with E-state index in [2.05, 4.69) is 15.8 Å². The van der Waals surface area contributed by atoms with Gasteiger partial charge in [0.2, 0.25) is 0 Å². The Balaban J connectivity index is 1.62. The summed E-state index contributed by atoms with van der Waals surface area (Å²) in [4.78, 5) is 8.69. The van der Waals surface area contributed by atoms with Crippen molar-refractivity contribution < 1.29 is 18.7 Å². The van der Waals surface area contributed by atoms with E-state index in [0.717, 1.165) is 23.0 Å². The Kier molecular flexibility index (Phi) is 4.21. The molecule has 2 aliphatic rings. The Morgan fingerprint density at radius 3 is 2.89 bits per heavy atom. The number of halogens is 2. The zero-order chi connectivity index (χ0) is 19.3. The molecular weight excluding hydrogens is 364 g/mol. The van der Waals surface area contributed by atoms with E-state index in [4.69, 9.17) is 4.84 Å². The van der Waals surface area contributed by atoms with Gasteiger partial charge in [-0.1, -0.05) is 24.3 Å². The maximum absolute atomic E-state index is 15.2. The van der Waals surface area contributed by atoms with Gasteiger partial charge in [0.25, 0.3) is 0 Å². The summed E-state index contributed by atoms with van der Waals surface area (Å²) in [7, 11) is 0. The molecule has 28 heavy (non-hydrogen) atoms. The fourth-order valence-corrected chi connectivity index (χ4v) is 4.35. The van der Waals surface area contributed by atoms with Crippen LogP contribution in [-0.2, 0) is 17.1 Å². The second-order valence-electron chi connectivity index (χ2n) is 7.50. The molecule has 5 rings (SSSR count). The molecule has 4 N–H and O–H groups in total. The molecule has 2 aliphatic heterocycles. The van der Waals surface area contributed by atoms with Gasteiger partial charge in [0.15, 0.2) is 11.9 Å². The number of hydrogen-bond acceptors (Lipinski definition) is 4. The summed E-state index contributed by atoms with van der Waals surface area (Å²) >= 11 is 0. The van der Waals surface area contributed by atoms with Gasteiger partial charge in [-0.3, -0.25) is 4.84 Å². The summed E-state index contributed by atoms with van der Waals surface area (Å²) in [6.45, 7) is 1.09. The van der Waals surface area contributed by atoms with Crippen LogP contribution in [0.1, 0.15) is 35.8 Å². The topological polar surface area (TPSA) is 69.3 Å². The van der Waals surface area contributed by atoms with Crippen LogP contribution in [0.2, 0.25) is 0 Å². The highest BCUT2D eigenvalue weighted by molar-refractivity contribution is 5.93. The number of rotatable bonds is 2. The third kappa shape index (κ3) is 2.74. The number of aliphatic hydroxyl groups is 1. The van der Waals surface area contributed by atoms with Crippen LogP contribution in [0.15, 0.2) is 36.4 Å². The standard InChI is InChI=1S/C21H21F2N3O2/c22-16-9-12(5-6-15(16)21(23)7-2-8-24-11-21)19-14-10-28-26-20(27)13-3-1-4-17(25-19)18(13)14/h1,3-6,9,20,24-27H,2,7-8,10-11H2/t20?,21-/m0/s1. The summed E-state index contributed by atoms with van der Waals surface area (Å²) in [5, 5.41) is 14.1. The Morgan fingerprint density at radius 2 is 2.11 bits per heavy atom. The molecule has 0 saturated carbocycles. The molecule has 0 amide bonds. The maximum atomic E-state index is 15.2. The Bertz CT molecular complexity index is 1040. The van der Waals surface area contributed by atoms with Crippen molar-refractivity contribution in [3.05, 3.63) is 58.9 Å². The number of aliphatic hydroxyl groups excluding tert-OH is 1. The van der Waals surface area contributed by atoms with Crippen molar-refractivity contribution in [1.29, 1.82) is 0 Å². The number of benzene rings is 2. The summed E-state index contributed by atoms with van der Waals surface area (Å²) in [5.41, 5.74) is 4.69. The van der Waals surface area contributed by atoms with Crippen molar-refractivity contribution in [3.8, 4) is 11.3 Å². The molecule has 0 aliphatic carbocycles.